The van der Waals surface area contributed by atoms with E-state index < -0.39 is 5.54 Å². The van der Waals surface area contributed by atoms with Gasteiger partial charge >= 0.3 is 0 Å². The van der Waals surface area contributed by atoms with Crippen LogP contribution in [0, 0.1) is 0 Å². The molecule has 0 amide bonds. The molecule has 0 saturated heterocycles. The zero-order chi connectivity index (χ0) is 16.7. The third kappa shape index (κ3) is 3.00. The van der Waals surface area contributed by atoms with E-state index in [1.807, 2.05) is 36.4 Å². The molecule has 4 aromatic rings. The van der Waals surface area contributed by atoms with Crippen LogP contribution < -0.4 is 5.32 Å². The molecule has 0 aliphatic rings. The number of halogens is 1. The number of furan rings is 2. The number of rotatable bonds is 5. The van der Waals surface area contributed by atoms with Crippen LogP contribution in [0.3, 0.4) is 0 Å². The highest BCUT2D eigenvalue weighted by molar-refractivity contribution is 6.09. The van der Waals surface area contributed by atoms with Crippen LogP contribution in [0.25, 0.3) is 32.9 Å². The summed E-state index contributed by atoms with van der Waals surface area (Å²) in [5.41, 5.74) is 2.72. The first kappa shape index (κ1) is 17.8. The summed E-state index contributed by atoms with van der Waals surface area (Å²) in [6, 6.07) is 11.9. The molecule has 0 saturated carbocycles. The number of aliphatic hydroxyl groups is 2. The molecule has 0 radical (unpaired) electrons. The number of para-hydroxylation sites is 1. The normalized spacial score (nSPS) is 12.1. The van der Waals surface area contributed by atoms with Gasteiger partial charge in [-0.3, -0.25) is 0 Å². The number of aliphatic hydroxyl groups excluding tert-OH is 2. The van der Waals surface area contributed by atoms with Gasteiger partial charge in [0, 0.05) is 28.3 Å². The fourth-order valence-electron chi connectivity index (χ4n) is 2.92. The van der Waals surface area contributed by atoms with E-state index in [4.69, 9.17) is 8.83 Å². The molecule has 3 N–H and O–H groups in total. The molecule has 0 bridgehead atoms. The lowest BCUT2D eigenvalue weighted by atomic mass is 10.0. The highest BCUT2D eigenvalue weighted by atomic mass is 35.5. The fraction of sp³-hybridized carbons (Fsp3) is 0.263. The molecule has 6 heteroatoms. The molecule has 132 valence electrons. The SMILES string of the molecule is CC(CO)(CO)NCc1cccc2c1oc1cc3ccoc3cc12.Cl. The molecule has 25 heavy (non-hydrogen) atoms. The van der Waals surface area contributed by atoms with Gasteiger partial charge in [0.2, 0.25) is 0 Å². The first-order chi connectivity index (χ1) is 11.6. The Hall–Kier alpha value is -2.05. The lowest BCUT2D eigenvalue weighted by Gasteiger charge is -2.26. The van der Waals surface area contributed by atoms with E-state index in [-0.39, 0.29) is 25.6 Å². The first-order valence-electron chi connectivity index (χ1n) is 7.92. The summed E-state index contributed by atoms with van der Waals surface area (Å²) >= 11 is 0. The maximum Gasteiger partial charge on any atom is 0.139 e. The molecule has 0 fully saturated rings. The lowest BCUT2D eigenvalue weighted by Crippen LogP contribution is -2.48. The molecule has 0 aliphatic heterocycles. The Bertz CT molecular complexity index is 1020. The molecule has 0 unspecified atom stereocenters. The van der Waals surface area contributed by atoms with Gasteiger partial charge in [0.25, 0.3) is 0 Å². The molecule has 2 heterocycles. The van der Waals surface area contributed by atoms with E-state index in [0.717, 1.165) is 38.5 Å². The number of benzene rings is 2. The maximum absolute atomic E-state index is 9.42. The molecule has 2 aromatic carbocycles. The minimum Gasteiger partial charge on any atom is -0.464 e. The van der Waals surface area contributed by atoms with Gasteiger partial charge in [0.1, 0.15) is 16.7 Å². The van der Waals surface area contributed by atoms with Crippen LogP contribution in [0.5, 0.6) is 0 Å². The van der Waals surface area contributed by atoms with Crippen molar-refractivity contribution in [1.82, 2.24) is 5.32 Å². The summed E-state index contributed by atoms with van der Waals surface area (Å²) in [4.78, 5) is 0. The highest BCUT2D eigenvalue weighted by Crippen LogP contribution is 2.34. The molecular formula is C19H20ClNO4. The van der Waals surface area contributed by atoms with E-state index in [9.17, 15) is 10.2 Å². The minimum atomic E-state index is -0.728. The summed E-state index contributed by atoms with van der Waals surface area (Å²) in [6.07, 6.45) is 1.67. The van der Waals surface area contributed by atoms with E-state index >= 15 is 0 Å². The van der Waals surface area contributed by atoms with Crippen molar-refractivity contribution in [2.24, 2.45) is 0 Å². The number of hydrogen-bond acceptors (Lipinski definition) is 5. The van der Waals surface area contributed by atoms with Crippen molar-refractivity contribution >= 4 is 45.3 Å². The van der Waals surface area contributed by atoms with Gasteiger partial charge in [-0.15, -0.1) is 12.4 Å². The van der Waals surface area contributed by atoms with Gasteiger partial charge in [0.05, 0.1) is 25.0 Å². The molecule has 5 nitrogen and oxygen atoms in total. The van der Waals surface area contributed by atoms with Gasteiger partial charge < -0.3 is 24.4 Å². The number of hydrogen-bond donors (Lipinski definition) is 3. The summed E-state index contributed by atoms with van der Waals surface area (Å²) in [6.45, 7) is 1.98. The van der Waals surface area contributed by atoms with Crippen molar-refractivity contribution in [3.8, 4) is 0 Å². The number of nitrogens with one attached hydrogen (secondary N) is 1. The maximum atomic E-state index is 9.42. The Balaban J connectivity index is 0.00000182. The Morgan fingerprint density at radius 3 is 2.60 bits per heavy atom. The Morgan fingerprint density at radius 2 is 1.84 bits per heavy atom. The van der Waals surface area contributed by atoms with Crippen molar-refractivity contribution in [3.63, 3.8) is 0 Å². The Morgan fingerprint density at radius 1 is 1.04 bits per heavy atom. The summed E-state index contributed by atoms with van der Waals surface area (Å²) in [5, 5.41) is 25.1. The average molecular weight is 362 g/mol. The van der Waals surface area contributed by atoms with Crippen LogP contribution in [-0.2, 0) is 6.54 Å². The van der Waals surface area contributed by atoms with Crippen molar-refractivity contribution < 1.29 is 19.0 Å². The van der Waals surface area contributed by atoms with Gasteiger partial charge in [-0.25, -0.2) is 0 Å². The predicted octanol–water partition coefficient (Wildman–Crippen LogP) is 3.59. The highest BCUT2D eigenvalue weighted by Gasteiger charge is 2.22. The third-order valence-corrected chi connectivity index (χ3v) is 4.56. The third-order valence-electron chi connectivity index (χ3n) is 4.56. The van der Waals surface area contributed by atoms with Gasteiger partial charge in [-0.1, -0.05) is 18.2 Å². The van der Waals surface area contributed by atoms with E-state index in [1.165, 1.54) is 0 Å². The summed E-state index contributed by atoms with van der Waals surface area (Å²) in [5.74, 6) is 0. The number of fused-ring (bicyclic) bond motifs is 4. The zero-order valence-electron chi connectivity index (χ0n) is 13.8. The molecule has 0 atom stereocenters. The molecular weight excluding hydrogens is 342 g/mol. The lowest BCUT2D eigenvalue weighted by molar-refractivity contribution is 0.103. The van der Waals surface area contributed by atoms with Crippen LogP contribution in [0.15, 0.2) is 51.5 Å². The van der Waals surface area contributed by atoms with Crippen LogP contribution >= 0.6 is 12.4 Å². The van der Waals surface area contributed by atoms with E-state index in [0.29, 0.717) is 6.54 Å². The molecule has 4 rings (SSSR count). The van der Waals surface area contributed by atoms with E-state index in [1.54, 1.807) is 13.2 Å². The summed E-state index contributed by atoms with van der Waals surface area (Å²) in [7, 11) is 0. The van der Waals surface area contributed by atoms with E-state index in [2.05, 4.69) is 5.32 Å². The minimum absolute atomic E-state index is 0. The zero-order valence-corrected chi connectivity index (χ0v) is 14.6. The standard InChI is InChI=1S/C19H19NO4.ClH/c1-19(10-21,11-22)20-9-13-3-2-4-14-15-8-16-12(5-6-23-16)7-17(15)24-18(13)14;/h2-8,20-22H,9-11H2,1H3;1H. The average Bonchev–Trinajstić information content (AvgIpc) is 3.21. The fourth-order valence-corrected chi connectivity index (χ4v) is 2.92. The van der Waals surface area contributed by atoms with Gasteiger partial charge in [0.15, 0.2) is 0 Å². The van der Waals surface area contributed by atoms with Crippen molar-refractivity contribution in [2.45, 2.75) is 19.0 Å². The predicted molar refractivity (Wildman–Crippen MR) is 100 cm³/mol. The second-order valence-corrected chi connectivity index (χ2v) is 6.43. The van der Waals surface area contributed by atoms with Crippen molar-refractivity contribution in [2.75, 3.05) is 13.2 Å². The summed E-state index contributed by atoms with van der Waals surface area (Å²) < 4.78 is 11.6. The molecule has 2 aromatic heterocycles. The Labute approximate surface area is 150 Å². The van der Waals surface area contributed by atoms with Crippen molar-refractivity contribution in [1.29, 1.82) is 0 Å². The Kier molecular flexibility index (Phi) is 4.75. The largest absolute Gasteiger partial charge is 0.464 e. The second kappa shape index (κ2) is 6.69. The molecule has 0 aliphatic carbocycles. The topological polar surface area (TPSA) is 78.8 Å². The van der Waals surface area contributed by atoms with Gasteiger partial charge in [-0.05, 0) is 25.1 Å². The first-order valence-corrected chi connectivity index (χ1v) is 7.92. The van der Waals surface area contributed by atoms with Crippen LogP contribution in [-0.4, -0.2) is 29.0 Å². The molecule has 0 spiro atoms. The van der Waals surface area contributed by atoms with Crippen LogP contribution in [0.4, 0.5) is 0 Å². The van der Waals surface area contributed by atoms with Crippen LogP contribution in [0.2, 0.25) is 0 Å². The van der Waals surface area contributed by atoms with Gasteiger partial charge in [-0.2, -0.15) is 0 Å². The monoisotopic (exact) mass is 361 g/mol. The van der Waals surface area contributed by atoms with Crippen molar-refractivity contribution in [3.05, 3.63) is 48.2 Å². The second-order valence-electron chi connectivity index (χ2n) is 6.43. The quantitative estimate of drug-likeness (QED) is 0.506. The smallest absolute Gasteiger partial charge is 0.139 e. The van der Waals surface area contributed by atoms with Crippen LogP contribution in [0.1, 0.15) is 12.5 Å².